The van der Waals surface area contributed by atoms with Crippen molar-refractivity contribution in [3.63, 3.8) is 0 Å². The van der Waals surface area contributed by atoms with E-state index in [1.807, 2.05) is 24.3 Å². The van der Waals surface area contributed by atoms with Gasteiger partial charge >= 0.3 is 6.03 Å². The molecule has 2 aromatic rings. The molecule has 3 heterocycles. The summed E-state index contributed by atoms with van der Waals surface area (Å²) in [4.78, 5) is 17.8. The summed E-state index contributed by atoms with van der Waals surface area (Å²) in [5, 5.41) is 2.82. The smallest absolute Gasteiger partial charge is 0.321 e. The average molecular weight is 327 g/mol. The third kappa shape index (κ3) is 3.05. The molecule has 2 aliphatic rings. The van der Waals surface area contributed by atoms with Crippen molar-refractivity contribution in [2.24, 2.45) is 5.92 Å². The number of hydrogen-bond acceptors (Lipinski definition) is 5. The predicted molar refractivity (Wildman–Crippen MR) is 86.4 cm³/mol. The maximum absolute atomic E-state index is 12.1. The second-order valence-corrected chi connectivity index (χ2v) is 5.77. The SMILES string of the molecule is O=C(Nc1cccnc1)N1CC(COc2ccc3c(c2)OCO3)C1. The summed E-state index contributed by atoms with van der Waals surface area (Å²) in [6, 6.07) is 9.01. The highest BCUT2D eigenvalue weighted by Gasteiger charge is 2.31. The molecule has 1 aromatic carbocycles. The first-order valence-corrected chi connectivity index (χ1v) is 7.76. The summed E-state index contributed by atoms with van der Waals surface area (Å²) < 4.78 is 16.4. The van der Waals surface area contributed by atoms with Crippen molar-refractivity contribution in [1.29, 1.82) is 0 Å². The number of benzene rings is 1. The highest BCUT2D eigenvalue weighted by molar-refractivity contribution is 5.89. The number of likely N-dealkylation sites (tertiary alicyclic amines) is 1. The van der Waals surface area contributed by atoms with Crippen LogP contribution in [0.4, 0.5) is 10.5 Å². The minimum absolute atomic E-state index is 0.109. The molecule has 1 saturated heterocycles. The number of carbonyl (C=O) groups excluding carboxylic acids is 1. The van der Waals surface area contributed by atoms with Crippen LogP contribution >= 0.6 is 0 Å². The van der Waals surface area contributed by atoms with Gasteiger partial charge in [0.1, 0.15) is 5.75 Å². The lowest BCUT2D eigenvalue weighted by Crippen LogP contribution is -2.53. The van der Waals surface area contributed by atoms with Gasteiger partial charge in [0.15, 0.2) is 11.5 Å². The first-order chi connectivity index (χ1) is 11.8. The van der Waals surface area contributed by atoms with Crippen molar-refractivity contribution in [2.75, 3.05) is 31.8 Å². The second kappa shape index (κ2) is 6.27. The van der Waals surface area contributed by atoms with E-state index in [4.69, 9.17) is 14.2 Å². The van der Waals surface area contributed by atoms with Crippen LogP contribution in [0, 0.1) is 5.92 Å². The number of nitrogens with zero attached hydrogens (tertiary/aromatic N) is 2. The van der Waals surface area contributed by atoms with E-state index in [1.54, 1.807) is 23.4 Å². The summed E-state index contributed by atoms with van der Waals surface area (Å²) in [6.07, 6.45) is 3.29. The Morgan fingerprint density at radius 3 is 3.00 bits per heavy atom. The Morgan fingerprint density at radius 2 is 2.17 bits per heavy atom. The molecule has 124 valence electrons. The third-order valence-electron chi connectivity index (χ3n) is 3.99. The number of carbonyl (C=O) groups is 1. The Balaban J connectivity index is 1.22. The van der Waals surface area contributed by atoms with Crippen LogP contribution < -0.4 is 19.5 Å². The monoisotopic (exact) mass is 327 g/mol. The predicted octanol–water partition coefficient (Wildman–Crippen LogP) is 2.35. The molecule has 2 aliphatic heterocycles. The molecule has 1 fully saturated rings. The molecular weight excluding hydrogens is 310 g/mol. The normalized spacial score (nSPS) is 15.8. The molecule has 1 N–H and O–H groups in total. The zero-order valence-corrected chi connectivity index (χ0v) is 13.0. The van der Waals surface area contributed by atoms with Crippen molar-refractivity contribution in [3.05, 3.63) is 42.7 Å². The van der Waals surface area contributed by atoms with Gasteiger partial charge in [0.2, 0.25) is 6.79 Å². The lowest BCUT2D eigenvalue weighted by molar-refractivity contribution is 0.0924. The molecule has 7 nitrogen and oxygen atoms in total. The van der Waals surface area contributed by atoms with Gasteiger partial charge in [-0.05, 0) is 24.3 Å². The van der Waals surface area contributed by atoms with Crippen LogP contribution in [-0.2, 0) is 0 Å². The molecule has 0 spiro atoms. The summed E-state index contributed by atoms with van der Waals surface area (Å²) in [6.45, 7) is 2.17. The Hall–Kier alpha value is -2.96. The first-order valence-electron chi connectivity index (χ1n) is 7.76. The van der Waals surface area contributed by atoms with Gasteiger partial charge in [-0.1, -0.05) is 0 Å². The largest absolute Gasteiger partial charge is 0.493 e. The molecule has 0 aliphatic carbocycles. The van der Waals surface area contributed by atoms with Gasteiger partial charge in [-0.2, -0.15) is 0 Å². The molecule has 1 aromatic heterocycles. The van der Waals surface area contributed by atoms with E-state index < -0.39 is 0 Å². The van der Waals surface area contributed by atoms with Gasteiger partial charge < -0.3 is 24.4 Å². The minimum Gasteiger partial charge on any atom is -0.493 e. The van der Waals surface area contributed by atoms with E-state index in [-0.39, 0.29) is 12.8 Å². The Bertz CT molecular complexity index is 732. The van der Waals surface area contributed by atoms with Gasteiger partial charge in [-0.15, -0.1) is 0 Å². The molecule has 0 bridgehead atoms. The van der Waals surface area contributed by atoms with Crippen molar-refractivity contribution < 1.29 is 19.0 Å². The van der Waals surface area contributed by atoms with Crippen LogP contribution in [0.2, 0.25) is 0 Å². The number of nitrogens with one attached hydrogen (secondary N) is 1. The quantitative estimate of drug-likeness (QED) is 0.933. The summed E-state index contributed by atoms with van der Waals surface area (Å²) >= 11 is 0. The van der Waals surface area contributed by atoms with Crippen LogP contribution in [0.3, 0.4) is 0 Å². The van der Waals surface area contributed by atoms with Crippen LogP contribution in [0.25, 0.3) is 0 Å². The Kier molecular flexibility index (Phi) is 3.82. The van der Waals surface area contributed by atoms with E-state index in [9.17, 15) is 4.79 Å². The molecule has 2 amide bonds. The topological polar surface area (TPSA) is 72.9 Å². The molecule has 24 heavy (non-hydrogen) atoms. The van der Waals surface area contributed by atoms with Gasteiger partial charge in [-0.3, -0.25) is 4.98 Å². The number of pyridine rings is 1. The number of amides is 2. The van der Waals surface area contributed by atoms with Crippen LogP contribution in [0.1, 0.15) is 0 Å². The first kappa shape index (κ1) is 14.6. The number of fused-ring (bicyclic) bond motifs is 1. The maximum Gasteiger partial charge on any atom is 0.321 e. The van der Waals surface area contributed by atoms with E-state index in [2.05, 4.69) is 10.3 Å². The Labute approximate surface area is 139 Å². The van der Waals surface area contributed by atoms with Crippen molar-refractivity contribution in [1.82, 2.24) is 9.88 Å². The molecule has 0 radical (unpaired) electrons. The molecule has 4 rings (SSSR count). The highest BCUT2D eigenvalue weighted by Crippen LogP contribution is 2.35. The van der Waals surface area contributed by atoms with Crippen molar-refractivity contribution >= 4 is 11.7 Å². The average Bonchev–Trinajstić information content (AvgIpc) is 3.02. The standard InChI is InChI=1S/C17H17N3O4/c21-17(19-13-2-1-5-18-7-13)20-8-12(9-20)10-22-14-3-4-15-16(6-14)24-11-23-15/h1-7,12H,8-11H2,(H,19,21). The zero-order chi connectivity index (χ0) is 16.4. The zero-order valence-electron chi connectivity index (χ0n) is 13.0. The third-order valence-corrected chi connectivity index (χ3v) is 3.99. The van der Waals surface area contributed by atoms with Crippen LogP contribution in [-0.4, -0.2) is 42.4 Å². The number of rotatable bonds is 4. The van der Waals surface area contributed by atoms with Gasteiger partial charge in [0, 0.05) is 31.3 Å². The van der Waals surface area contributed by atoms with Crippen LogP contribution in [0.15, 0.2) is 42.7 Å². The summed E-state index contributed by atoms with van der Waals surface area (Å²) in [7, 11) is 0. The number of hydrogen-bond donors (Lipinski definition) is 1. The molecule has 0 unspecified atom stereocenters. The molecule has 7 heteroatoms. The maximum atomic E-state index is 12.1. The molecular formula is C17H17N3O4. The highest BCUT2D eigenvalue weighted by atomic mass is 16.7. The molecule has 0 atom stereocenters. The van der Waals surface area contributed by atoms with E-state index >= 15 is 0 Å². The molecule has 0 saturated carbocycles. The van der Waals surface area contributed by atoms with Gasteiger partial charge in [-0.25, -0.2) is 4.79 Å². The summed E-state index contributed by atoms with van der Waals surface area (Å²) in [5.74, 6) is 2.52. The van der Waals surface area contributed by atoms with Crippen molar-refractivity contribution in [3.8, 4) is 17.2 Å². The van der Waals surface area contributed by atoms with E-state index in [0.717, 1.165) is 11.5 Å². The number of urea groups is 1. The van der Waals surface area contributed by atoms with E-state index in [0.29, 0.717) is 37.1 Å². The summed E-state index contributed by atoms with van der Waals surface area (Å²) in [5.41, 5.74) is 0.697. The van der Waals surface area contributed by atoms with Gasteiger partial charge in [0.05, 0.1) is 18.5 Å². The second-order valence-electron chi connectivity index (χ2n) is 5.77. The van der Waals surface area contributed by atoms with Crippen molar-refractivity contribution in [2.45, 2.75) is 0 Å². The number of aromatic nitrogens is 1. The lowest BCUT2D eigenvalue weighted by atomic mass is 10.0. The Morgan fingerprint density at radius 1 is 1.29 bits per heavy atom. The number of anilines is 1. The fourth-order valence-corrected chi connectivity index (χ4v) is 2.66. The number of ether oxygens (including phenoxy) is 3. The van der Waals surface area contributed by atoms with Crippen LogP contribution in [0.5, 0.6) is 17.2 Å². The van der Waals surface area contributed by atoms with Gasteiger partial charge in [0.25, 0.3) is 0 Å². The lowest BCUT2D eigenvalue weighted by Gasteiger charge is -2.38. The van der Waals surface area contributed by atoms with E-state index in [1.165, 1.54) is 0 Å². The fourth-order valence-electron chi connectivity index (χ4n) is 2.66. The fraction of sp³-hybridized carbons (Fsp3) is 0.294. The minimum atomic E-state index is -0.109.